The predicted molar refractivity (Wildman–Crippen MR) is 128 cm³/mol. The lowest BCUT2D eigenvalue weighted by Crippen LogP contribution is -2.41. The van der Waals surface area contributed by atoms with Crippen LogP contribution in [0.2, 0.25) is 0 Å². The van der Waals surface area contributed by atoms with E-state index in [2.05, 4.69) is 27.7 Å². The lowest BCUT2D eigenvalue weighted by Gasteiger charge is -2.26. The molecule has 4 rings (SSSR count). The summed E-state index contributed by atoms with van der Waals surface area (Å²) in [4.78, 5) is 16.7. The van der Waals surface area contributed by atoms with Gasteiger partial charge >= 0.3 is 0 Å². The summed E-state index contributed by atoms with van der Waals surface area (Å²) in [6, 6.07) is 21.9. The summed E-state index contributed by atoms with van der Waals surface area (Å²) in [5, 5.41) is 5.34. The van der Waals surface area contributed by atoms with Crippen molar-refractivity contribution in [3.8, 4) is 5.75 Å². The zero-order valence-electron chi connectivity index (χ0n) is 18.4. The average molecular weight is 451 g/mol. The number of ether oxygens (including phenoxy) is 2. The van der Waals surface area contributed by atoms with Crippen molar-refractivity contribution in [2.75, 3.05) is 26.8 Å². The minimum Gasteiger partial charge on any atom is -0.497 e. The van der Waals surface area contributed by atoms with E-state index in [1.807, 2.05) is 54.6 Å². The molecule has 0 bridgehead atoms. The van der Waals surface area contributed by atoms with Gasteiger partial charge in [-0.05, 0) is 47.5 Å². The third-order valence-electron chi connectivity index (χ3n) is 5.70. The molecule has 0 spiro atoms. The quantitative estimate of drug-likeness (QED) is 0.489. The highest BCUT2D eigenvalue weighted by Gasteiger charge is 2.23. The molecule has 1 aliphatic heterocycles. The fourth-order valence-corrected chi connectivity index (χ4v) is 4.84. The van der Waals surface area contributed by atoms with Gasteiger partial charge in [0.05, 0.1) is 25.8 Å². The van der Waals surface area contributed by atoms with Gasteiger partial charge in [0.25, 0.3) is 0 Å². The van der Waals surface area contributed by atoms with Crippen LogP contribution in [0.3, 0.4) is 0 Å². The Morgan fingerprint density at radius 3 is 2.56 bits per heavy atom. The van der Waals surface area contributed by atoms with Gasteiger partial charge in [0.2, 0.25) is 5.91 Å². The van der Waals surface area contributed by atoms with Crippen LogP contribution in [0.1, 0.15) is 34.9 Å². The molecule has 1 fully saturated rings. The molecule has 0 unspecified atom stereocenters. The molecule has 0 aliphatic carbocycles. The second-order valence-electron chi connectivity index (χ2n) is 8.07. The number of hydrogen-bond acceptors (Lipinski definition) is 5. The summed E-state index contributed by atoms with van der Waals surface area (Å²) in [5.41, 5.74) is 2.07. The molecule has 3 aromatic rings. The van der Waals surface area contributed by atoms with Crippen LogP contribution < -0.4 is 10.1 Å². The van der Waals surface area contributed by atoms with E-state index in [-0.39, 0.29) is 18.1 Å². The number of methoxy groups -OCH3 is 1. The van der Waals surface area contributed by atoms with Crippen molar-refractivity contribution in [2.45, 2.75) is 31.5 Å². The van der Waals surface area contributed by atoms with Gasteiger partial charge in [-0.2, -0.15) is 0 Å². The summed E-state index contributed by atoms with van der Waals surface area (Å²) in [6.07, 6.45) is 2.35. The highest BCUT2D eigenvalue weighted by molar-refractivity contribution is 7.09. The molecule has 168 valence electrons. The minimum absolute atomic E-state index is 0.00391. The normalized spacial score (nSPS) is 16.8. The van der Waals surface area contributed by atoms with E-state index in [4.69, 9.17) is 9.47 Å². The van der Waals surface area contributed by atoms with Crippen LogP contribution in [-0.2, 0) is 16.1 Å². The monoisotopic (exact) mass is 450 g/mol. The van der Waals surface area contributed by atoms with E-state index in [9.17, 15) is 4.79 Å². The third-order valence-corrected chi connectivity index (χ3v) is 6.56. The number of thiophene rings is 1. The van der Waals surface area contributed by atoms with Crippen molar-refractivity contribution in [3.05, 3.63) is 88.1 Å². The molecule has 0 saturated carbocycles. The zero-order valence-corrected chi connectivity index (χ0v) is 19.2. The molecule has 2 atom stereocenters. The van der Waals surface area contributed by atoms with E-state index in [1.54, 1.807) is 18.4 Å². The summed E-state index contributed by atoms with van der Waals surface area (Å²) in [7, 11) is 1.65. The molecule has 1 N–H and O–H groups in total. The van der Waals surface area contributed by atoms with E-state index < -0.39 is 0 Å². The fraction of sp³-hybridized carbons (Fsp3) is 0.346. The number of carbonyl (C=O) groups is 1. The molecule has 0 radical (unpaired) electrons. The van der Waals surface area contributed by atoms with Crippen molar-refractivity contribution < 1.29 is 14.3 Å². The number of nitrogens with zero attached hydrogens (tertiary/aromatic N) is 1. The second kappa shape index (κ2) is 11.3. The molecule has 6 heteroatoms. The highest BCUT2D eigenvalue weighted by Crippen LogP contribution is 2.24. The molecule has 1 amide bonds. The third kappa shape index (κ3) is 6.19. The first kappa shape index (κ1) is 22.5. The van der Waals surface area contributed by atoms with Crippen LogP contribution in [0, 0.1) is 0 Å². The minimum atomic E-state index is -0.221. The van der Waals surface area contributed by atoms with Crippen molar-refractivity contribution in [1.29, 1.82) is 0 Å². The number of hydrogen-bond donors (Lipinski definition) is 1. The predicted octanol–water partition coefficient (Wildman–Crippen LogP) is 4.64. The SMILES string of the molecule is COc1ccc([C@@H](NC(=O)CN(Cc2cccs2)C[C@@H]2CCCO2)c2ccccc2)cc1. The van der Waals surface area contributed by atoms with Gasteiger partial charge in [0.1, 0.15) is 5.75 Å². The molecule has 1 aromatic heterocycles. The average Bonchev–Trinajstić information content (AvgIpc) is 3.53. The smallest absolute Gasteiger partial charge is 0.234 e. The Hall–Kier alpha value is -2.67. The first-order valence-electron chi connectivity index (χ1n) is 11.1. The Labute approximate surface area is 194 Å². The Kier molecular flexibility index (Phi) is 7.93. The standard InChI is InChI=1S/C26H30N2O3S/c1-30-22-13-11-21(12-14-22)26(20-7-3-2-4-8-20)27-25(29)19-28(17-23-9-5-15-31-23)18-24-10-6-16-32-24/h2-4,6-8,10-14,16,23,26H,5,9,15,17-19H2,1H3,(H,27,29)/t23-,26-/m0/s1. The second-order valence-corrected chi connectivity index (χ2v) is 9.10. The Bertz CT molecular complexity index is 955. The largest absolute Gasteiger partial charge is 0.497 e. The summed E-state index contributed by atoms with van der Waals surface area (Å²) in [6.45, 7) is 2.67. The molecule has 1 saturated heterocycles. The van der Waals surface area contributed by atoms with Crippen LogP contribution in [0.5, 0.6) is 5.75 Å². The van der Waals surface area contributed by atoms with Crippen molar-refractivity contribution in [2.24, 2.45) is 0 Å². The van der Waals surface area contributed by atoms with Gasteiger partial charge in [-0.25, -0.2) is 0 Å². The number of rotatable bonds is 10. The van der Waals surface area contributed by atoms with Crippen LogP contribution in [0.15, 0.2) is 72.1 Å². The summed E-state index contributed by atoms with van der Waals surface area (Å²) in [5.74, 6) is 0.801. The van der Waals surface area contributed by atoms with Gasteiger partial charge in [0.15, 0.2) is 0 Å². The van der Waals surface area contributed by atoms with E-state index >= 15 is 0 Å². The lowest BCUT2D eigenvalue weighted by atomic mass is 9.98. The first-order chi connectivity index (χ1) is 15.7. The molecule has 5 nitrogen and oxygen atoms in total. The summed E-state index contributed by atoms with van der Waals surface area (Å²) >= 11 is 1.72. The molecule has 2 aromatic carbocycles. The Balaban J connectivity index is 1.48. The van der Waals surface area contributed by atoms with Gasteiger partial charge < -0.3 is 14.8 Å². The van der Waals surface area contributed by atoms with Gasteiger partial charge in [-0.1, -0.05) is 48.5 Å². The highest BCUT2D eigenvalue weighted by atomic mass is 32.1. The van der Waals surface area contributed by atoms with Gasteiger partial charge in [-0.15, -0.1) is 11.3 Å². The van der Waals surface area contributed by atoms with E-state index in [1.165, 1.54) is 4.88 Å². The first-order valence-corrected chi connectivity index (χ1v) is 11.9. The van der Waals surface area contributed by atoms with E-state index in [0.29, 0.717) is 6.54 Å². The number of nitrogens with one attached hydrogen (secondary N) is 1. The fourth-order valence-electron chi connectivity index (χ4n) is 4.09. The van der Waals surface area contributed by atoms with Crippen LogP contribution in [0.4, 0.5) is 0 Å². The lowest BCUT2D eigenvalue weighted by molar-refractivity contribution is -0.123. The van der Waals surface area contributed by atoms with Gasteiger partial charge in [0, 0.05) is 24.6 Å². The van der Waals surface area contributed by atoms with Crippen molar-refractivity contribution in [3.63, 3.8) is 0 Å². The Morgan fingerprint density at radius 2 is 1.91 bits per heavy atom. The van der Waals surface area contributed by atoms with Crippen LogP contribution in [-0.4, -0.2) is 43.7 Å². The Morgan fingerprint density at radius 1 is 1.12 bits per heavy atom. The van der Waals surface area contributed by atoms with Crippen molar-refractivity contribution in [1.82, 2.24) is 10.2 Å². The molecule has 2 heterocycles. The maximum Gasteiger partial charge on any atom is 0.234 e. The number of carbonyl (C=O) groups excluding carboxylic acids is 1. The van der Waals surface area contributed by atoms with Gasteiger partial charge in [-0.3, -0.25) is 9.69 Å². The number of benzene rings is 2. The molecule has 1 aliphatic rings. The molecule has 32 heavy (non-hydrogen) atoms. The van der Waals surface area contributed by atoms with Crippen molar-refractivity contribution >= 4 is 17.2 Å². The molecular weight excluding hydrogens is 420 g/mol. The summed E-state index contributed by atoms with van der Waals surface area (Å²) < 4.78 is 11.1. The topological polar surface area (TPSA) is 50.8 Å². The maximum atomic E-state index is 13.2. The zero-order chi connectivity index (χ0) is 22.2. The maximum absolute atomic E-state index is 13.2. The van der Waals surface area contributed by atoms with Crippen LogP contribution >= 0.6 is 11.3 Å². The van der Waals surface area contributed by atoms with Crippen LogP contribution in [0.25, 0.3) is 0 Å². The molecular formula is C26H30N2O3S. The van der Waals surface area contributed by atoms with E-state index in [0.717, 1.165) is 49.4 Å². The number of amides is 1.